The average Bonchev–Trinajstić information content (AvgIpc) is 3.30. The fraction of sp³-hybridized carbons (Fsp3) is 0.333. The smallest absolute Gasteiger partial charge is 0.252 e. The normalized spacial score (nSPS) is 14.6. The fourth-order valence-corrected chi connectivity index (χ4v) is 4.32. The first-order valence-corrected chi connectivity index (χ1v) is 11.5. The third-order valence-corrected chi connectivity index (χ3v) is 6.29. The van der Waals surface area contributed by atoms with E-state index in [1.807, 2.05) is 37.1 Å². The number of nitrogens with one attached hydrogen (secondary N) is 2. The van der Waals surface area contributed by atoms with Crippen LogP contribution in [0.4, 0.5) is 0 Å². The number of methoxy groups -OCH3 is 2. The number of hydrogen-bond donors (Lipinski definition) is 2. The topological polar surface area (TPSA) is 83.7 Å². The maximum absolute atomic E-state index is 13.4. The fourth-order valence-electron chi connectivity index (χ4n) is 4.32. The van der Waals surface area contributed by atoms with Gasteiger partial charge in [0.15, 0.2) is 0 Å². The van der Waals surface area contributed by atoms with Gasteiger partial charge >= 0.3 is 0 Å². The van der Waals surface area contributed by atoms with Crippen molar-refractivity contribution in [2.24, 2.45) is 5.92 Å². The highest BCUT2D eigenvalue weighted by molar-refractivity contribution is 5.98. The molecule has 7 heteroatoms. The Bertz CT molecular complexity index is 1210. The summed E-state index contributed by atoms with van der Waals surface area (Å²) in [6.45, 7) is 4.99. The minimum Gasteiger partial charge on any atom is -0.497 e. The molecule has 3 aromatic rings. The quantitative estimate of drug-likeness (QED) is 0.551. The van der Waals surface area contributed by atoms with E-state index in [0.29, 0.717) is 30.2 Å². The zero-order chi connectivity index (χ0) is 24.2. The number of aromatic amines is 1. The molecule has 0 unspecified atom stereocenters. The third kappa shape index (κ3) is 4.78. The predicted octanol–water partition coefficient (Wildman–Crippen LogP) is 4.26. The zero-order valence-corrected chi connectivity index (χ0v) is 20.1. The van der Waals surface area contributed by atoms with Gasteiger partial charge in [0.2, 0.25) is 5.91 Å². The van der Waals surface area contributed by atoms with E-state index in [-0.39, 0.29) is 17.7 Å². The number of fused-ring (bicyclic) bond motifs is 1. The van der Waals surface area contributed by atoms with Crippen LogP contribution < -0.4 is 14.8 Å². The molecule has 0 spiro atoms. The van der Waals surface area contributed by atoms with Gasteiger partial charge in [-0.25, -0.2) is 0 Å². The highest BCUT2D eigenvalue weighted by atomic mass is 16.5. The number of hydrogen-bond acceptors (Lipinski definition) is 4. The Hall–Kier alpha value is -3.74. The minimum atomic E-state index is -0.632. The number of ether oxygens (including phenoxy) is 2. The minimum absolute atomic E-state index is 0.0667. The van der Waals surface area contributed by atoms with E-state index >= 15 is 0 Å². The van der Waals surface area contributed by atoms with Crippen LogP contribution in [0.25, 0.3) is 16.5 Å². The van der Waals surface area contributed by atoms with Gasteiger partial charge in [-0.15, -0.1) is 0 Å². The van der Waals surface area contributed by atoms with Crippen LogP contribution in [0.2, 0.25) is 0 Å². The van der Waals surface area contributed by atoms with Gasteiger partial charge < -0.3 is 24.7 Å². The van der Waals surface area contributed by atoms with Crippen molar-refractivity contribution in [1.29, 1.82) is 0 Å². The van der Waals surface area contributed by atoms with Crippen molar-refractivity contribution in [2.45, 2.75) is 26.3 Å². The summed E-state index contributed by atoms with van der Waals surface area (Å²) >= 11 is 0. The van der Waals surface area contributed by atoms with E-state index in [1.54, 1.807) is 18.2 Å². The molecule has 0 saturated carbocycles. The molecule has 1 aliphatic rings. The summed E-state index contributed by atoms with van der Waals surface area (Å²) < 4.78 is 10.5. The van der Waals surface area contributed by atoms with Gasteiger partial charge in [0.05, 0.1) is 14.2 Å². The first-order valence-electron chi connectivity index (χ1n) is 11.5. The van der Waals surface area contributed by atoms with E-state index in [9.17, 15) is 9.59 Å². The summed E-state index contributed by atoms with van der Waals surface area (Å²) in [6.07, 6.45) is 4.91. The molecule has 0 fully saturated rings. The van der Waals surface area contributed by atoms with Crippen LogP contribution in [0.1, 0.15) is 36.2 Å². The molecule has 178 valence electrons. The number of aromatic nitrogens is 1. The summed E-state index contributed by atoms with van der Waals surface area (Å²) in [4.78, 5) is 31.5. The van der Waals surface area contributed by atoms with Crippen LogP contribution in [-0.4, -0.2) is 55.0 Å². The largest absolute Gasteiger partial charge is 0.497 e. The Morgan fingerprint density at radius 3 is 2.38 bits per heavy atom. The van der Waals surface area contributed by atoms with Crippen molar-refractivity contribution in [3.63, 3.8) is 0 Å². The van der Waals surface area contributed by atoms with Crippen molar-refractivity contribution in [1.82, 2.24) is 15.2 Å². The average molecular weight is 462 g/mol. The molecule has 2 amide bonds. The molecule has 1 atom stereocenters. The number of nitrogens with zero attached hydrogens (tertiary/aromatic N) is 1. The Labute approximate surface area is 199 Å². The highest BCUT2D eigenvalue weighted by Gasteiger charge is 2.30. The summed E-state index contributed by atoms with van der Waals surface area (Å²) in [5.74, 6) is 0.553. The van der Waals surface area contributed by atoms with Crippen molar-refractivity contribution in [3.8, 4) is 11.5 Å². The molecule has 7 nitrogen and oxygen atoms in total. The Kier molecular flexibility index (Phi) is 6.91. The number of benzene rings is 2. The highest BCUT2D eigenvalue weighted by Crippen LogP contribution is 2.29. The van der Waals surface area contributed by atoms with Gasteiger partial charge in [0, 0.05) is 47.4 Å². The molecule has 0 aliphatic carbocycles. The van der Waals surface area contributed by atoms with E-state index in [1.165, 1.54) is 30.7 Å². The lowest BCUT2D eigenvalue weighted by Gasteiger charge is -2.32. The number of rotatable bonds is 7. The molecule has 0 bridgehead atoms. The van der Waals surface area contributed by atoms with Gasteiger partial charge in [-0.05, 0) is 36.1 Å². The number of para-hydroxylation sites is 1. The molecule has 1 aromatic heterocycles. The van der Waals surface area contributed by atoms with E-state index in [4.69, 9.17) is 9.47 Å². The monoisotopic (exact) mass is 461 g/mol. The van der Waals surface area contributed by atoms with Crippen LogP contribution in [0.15, 0.2) is 54.7 Å². The first-order chi connectivity index (χ1) is 16.4. The number of carbonyl (C=O) groups excluding carboxylic acids is 2. The molecule has 4 rings (SSSR count). The van der Waals surface area contributed by atoms with Crippen LogP contribution >= 0.6 is 0 Å². The molecular formula is C27H31N3O4. The van der Waals surface area contributed by atoms with Gasteiger partial charge in [-0.1, -0.05) is 38.1 Å². The maximum Gasteiger partial charge on any atom is 0.252 e. The van der Waals surface area contributed by atoms with Gasteiger partial charge in [0.1, 0.15) is 17.5 Å². The van der Waals surface area contributed by atoms with Gasteiger partial charge in [0.25, 0.3) is 5.91 Å². The molecule has 2 N–H and O–H groups in total. The van der Waals surface area contributed by atoms with Crippen molar-refractivity contribution in [2.75, 3.05) is 27.3 Å². The lowest BCUT2D eigenvalue weighted by Crippen LogP contribution is -2.52. The molecule has 0 saturated heterocycles. The lowest BCUT2D eigenvalue weighted by atomic mass is 9.97. The summed E-state index contributed by atoms with van der Waals surface area (Å²) in [5.41, 5.74) is 3.90. The molecular weight excluding hydrogens is 430 g/mol. The number of H-pyrrole nitrogens is 1. The van der Waals surface area contributed by atoms with Crippen LogP contribution in [0, 0.1) is 5.92 Å². The second-order valence-corrected chi connectivity index (χ2v) is 8.81. The zero-order valence-electron chi connectivity index (χ0n) is 20.1. The molecule has 2 heterocycles. The Morgan fingerprint density at radius 2 is 1.76 bits per heavy atom. The van der Waals surface area contributed by atoms with Gasteiger partial charge in [-0.3, -0.25) is 9.59 Å². The lowest BCUT2D eigenvalue weighted by molar-refractivity contribution is -0.133. The molecule has 1 aliphatic heterocycles. The Balaban J connectivity index is 1.48. The van der Waals surface area contributed by atoms with Crippen LogP contribution in [0.5, 0.6) is 11.5 Å². The summed E-state index contributed by atoms with van der Waals surface area (Å²) in [6, 6.07) is 12.6. The summed E-state index contributed by atoms with van der Waals surface area (Å²) in [7, 11) is 3.07. The Morgan fingerprint density at radius 1 is 1.06 bits per heavy atom. The van der Waals surface area contributed by atoms with E-state index < -0.39 is 6.04 Å². The second-order valence-electron chi connectivity index (χ2n) is 8.81. The molecule has 2 aromatic carbocycles. The molecule has 0 radical (unpaired) electrons. The SMILES string of the molecule is COc1cc(OC)cc(C(=O)N[C@H](C(=O)N2CC=C(c3c[nH]c4ccccc34)CC2)C(C)C)c1. The summed E-state index contributed by atoms with van der Waals surface area (Å²) in [5, 5.41) is 4.12. The second kappa shape index (κ2) is 10.0. The van der Waals surface area contributed by atoms with Gasteiger partial charge in [-0.2, -0.15) is 0 Å². The predicted molar refractivity (Wildman–Crippen MR) is 133 cm³/mol. The van der Waals surface area contributed by atoms with Crippen molar-refractivity contribution < 1.29 is 19.1 Å². The number of carbonyl (C=O) groups is 2. The standard InChI is InChI=1S/C27H31N3O4/c1-17(2)25(29-26(31)19-13-20(33-3)15-21(14-19)34-4)27(32)30-11-9-18(10-12-30)23-16-28-24-8-6-5-7-22(23)24/h5-9,13-17,25,28H,10-12H2,1-4H3,(H,29,31)/t25-/m0/s1. The first kappa shape index (κ1) is 23.4. The maximum atomic E-state index is 13.4. The third-order valence-electron chi connectivity index (χ3n) is 6.29. The molecule has 34 heavy (non-hydrogen) atoms. The van der Waals surface area contributed by atoms with Crippen molar-refractivity contribution >= 4 is 28.3 Å². The van der Waals surface area contributed by atoms with Crippen molar-refractivity contribution in [3.05, 3.63) is 65.9 Å². The van der Waals surface area contributed by atoms with Crippen LogP contribution in [0.3, 0.4) is 0 Å². The van der Waals surface area contributed by atoms with Crippen LogP contribution in [-0.2, 0) is 4.79 Å². The number of amides is 2. The van der Waals surface area contributed by atoms with E-state index in [2.05, 4.69) is 28.5 Å². The van der Waals surface area contributed by atoms with E-state index in [0.717, 1.165) is 11.9 Å².